The number of pyridine rings is 2. The fourth-order valence-corrected chi connectivity index (χ4v) is 2.68. The first kappa shape index (κ1) is 15.5. The van der Waals surface area contributed by atoms with Gasteiger partial charge in [0.25, 0.3) is 0 Å². The van der Waals surface area contributed by atoms with Gasteiger partial charge < -0.3 is 10.5 Å². The topological polar surface area (TPSA) is 78.1 Å². The summed E-state index contributed by atoms with van der Waals surface area (Å²) in [5, 5.41) is 1.47. The van der Waals surface area contributed by atoms with Gasteiger partial charge in [-0.15, -0.1) is 0 Å². The maximum atomic E-state index is 11.5. The number of hydrogen-bond donors (Lipinski definition) is 1. The van der Waals surface area contributed by atoms with Crippen LogP contribution in [0.25, 0.3) is 10.9 Å². The zero-order valence-electron chi connectivity index (χ0n) is 11.8. The van der Waals surface area contributed by atoms with Gasteiger partial charge in [0.15, 0.2) is 0 Å². The Balaban J connectivity index is 1.98. The maximum Gasteiger partial charge on any atom is 0.249 e. The van der Waals surface area contributed by atoms with E-state index in [1.165, 1.54) is 12.4 Å². The number of aromatic nitrogens is 2. The van der Waals surface area contributed by atoms with Crippen molar-refractivity contribution < 1.29 is 9.53 Å². The summed E-state index contributed by atoms with van der Waals surface area (Å²) >= 11 is 12.2. The molecule has 2 heterocycles. The highest BCUT2D eigenvalue weighted by atomic mass is 35.5. The van der Waals surface area contributed by atoms with Crippen molar-refractivity contribution in [1.82, 2.24) is 9.97 Å². The number of ether oxygens (including phenoxy) is 1. The minimum Gasteiger partial charge on any atom is -0.487 e. The van der Waals surface area contributed by atoms with Gasteiger partial charge in [-0.1, -0.05) is 29.3 Å². The summed E-state index contributed by atoms with van der Waals surface area (Å²) in [6, 6.07) is 6.76. The number of halogens is 2. The minimum absolute atomic E-state index is 0.155. The third kappa shape index (κ3) is 3.06. The average molecular weight is 348 g/mol. The average Bonchev–Trinajstić information content (AvgIpc) is 2.54. The van der Waals surface area contributed by atoms with Gasteiger partial charge >= 0.3 is 0 Å². The molecule has 3 aromatic rings. The molecule has 0 atom stereocenters. The van der Waals surface area contributed by atoms with E-state index in [0.717, 1.165) is 0 Å². The van der Waals surface area contributed by atoms with E-state index in [-0.39, 0.29) is 6.61 Å². The van der Waals surface area contributed by atoms with Crippen LogP contribution < -0.4 is 10.5 Å². The summed E-state index contributed by atoms with van der Waals surface area (Å²) in [6.45, 7) is 0.155. The third-order valence-electron chi connectivity index (χ3n) is 3.32. The van der Waals surface area contributed by atoms with Crippen LogP contribution in [-0.2, 0) is 6.61 Å². The molecule has 0 aliphatic carbocycles. The number of hydrogen-bond acceptors (Lipinski definition) is 4. The first-order valence-corrected chi connectivity index (χ1v) is 7.41. The molecule has 23 heavy (non-hydrogen) atoms. The smallest absolute Gasteiger partial charge is 0.249 e. The van der Waals surface area contributed by atoms with Gasteiger partial charge in [0, 0.05) is 35.1 Å². The molecule has 0 radical (unpaired) electrons. The van der Waals surface area contributed by atoms with Gasteiger partial charge in [-0.2, -0.15) is 0 Å². The molecule has 2 aromatic heterocycles. The zero-order chi connectivity index (χ0) is 16.4. The van der Waals surface area contributed by atoms with Crippen LogP contribution in [0.2, 0.25) is 10.0 Å². The third-order valence-corrected chi connectivity index (χ3v) is 3.97. The lowest BCUT2D eigenvalue weighted by atomic mass is 10.1. The summed E-state index contributed by atoms with van der Waals surface area (Å²) in [4.78, 5) is 19.7. The Morgan fingerprint density at radius 2 is 1.91 bits per heavy atom. The van der Waals surface area contributed by atoms with E-state index in [0.29, 0.717) is 37.8 Å². The van der Waals surface area contributed by atoms with Crippen molar-refractivity contribution in [1.29, 1.82) is 0 Å². The van der Waals surface area contributed by atoms with Crippen LogP contribution in [0, 0.1) is 0 Å². The van der Waals surface area contributed by atoms with Gasteiger partial charge in [-0.05, 0) is 18.2 Å². The highest BCUT2D eigenvalue weighted by Crippen LogP contribution is 2.29. The fraction of sp³-hybridized carbons (Fsp3) is 0.0625. The molecule has 0 saturated heterocycles. The van der Waals surface area contributed by atoms with Gasteiger partial charge in [0.05, 0.1) is 10.0 Å². The van der Waals surface area contributed by atoms with Gasteiger partial charge in [0.2, 0.25) is 5.91 Å². The Labute approximate surface area is 142 Å². The van der Waals surface area contributed by atoms with Crippen molar-refractivity contribution in [3.8, 4) is 5.75 Å². The van der Waals surface area contributed by atoms with E-state index >= 15 is 0 Å². The second kappa shape index (κ2) is 6.40. The predicted molar refractivity (Wildman–Crippen MR) is 88.8 cm³/mol. The number of carbonyl (C=O) groups is 1. The fourth-order valence-electron chi connectivity index (χ4n) is 2.20. The molecule has 0 unspecified atom stereocenters. The molecule has 0 aliphatic rings. The SMILES string of the molecule is NC(=O)c1ccc(OCc2c(Cl)cncc2Cl)c2ncccc12. The van der Waals surface area contributed by atoms with Crippen LogP contribution in [0.5, 0.6) is 5.75 Å². The molecule has 0 spiro atoms. The second-order valence-corrected chi connectivity index (χ2v) is 5.56. The Morgan fingerprint density at radius 3 is 2.61 bits per heavy atom. The first-order chi connectivity index (χ1) is 11.1. The summed E-state index contributed by atoms with van der Waals surface area (Å²) in [5.74, 6) is -0.00989. The lowest BCUT2D eigenvalue weighted by Gasteiger charge is -2.12. The van der Waals surface area contributed by atoms with Crippen LogP contribution in [0.3, 0.4) is 0 Å². The molecule has 5 nitrogen and oxygen atoms in total. The molecule has 0 aliphatic heterocycles. The van der Waals surface area contributed by atoms with E-state index in [1.807, 2.05) is 0 Å². The normalized spacial score (nSPS) is 10.7. The molecule has 0 bridgehead atoms. The predicted octanol–water partition coefficient (Wildman–Crippen LogP) is 3.61. The minimum atomic E-state index is -0.519. The largest absolute Gasteiger partial charge is 0.487 e. The van der Waals surface area contributed by atoms with Crippen molar-refractivity contribution in [2.75, 3.05) is 0 Å². The number of fused-ring (bicyclic) bond motifs is 1. The van der Waals surface area contributed by atoms with Gasteiger partial charge in [0.1, 0.15) is 17.9 Å². The summed E-state index contributed by atoms with van der Waals surface area (Å²) in [5.41, 5.74) is 6.95. The van der Waals surface area contributed by atoms with Crippen molar-refractivity contribution >= 4 is 40.0 Å². The molecule has 1 aromatic carbocycles. The molecule has 116 valence electrons. The molecular weight excluding hydrogens is 337 g/mol. The van der Waals surface area contributed by atoms with Crippen molar-refractivity contribution in [2.24, 2.45) is 5.73 Å². The van der Waals surface area contributed by atoms with Crippen LogP contribution >= 0.6 is 23.2 Å². The summed E-state index contributed by atoms with van der Waals surface area (Å²) in [6.07, 6.45) is 4.61. The Bertz CT molecular complexity index is 879. The molecule has 1 amide bonds. The molecule has 0 fully saturated rings. The standard InChI is InChI=1S/C16H11Cl2N3O2/c17-12-6-20-7-13(18)11(12)8-23-14-4-3-10(16(19)22)9-2-1-5-21-15(9)14/h1-7H,8H2,(H2,19,22). The maximum absolute atomic E-state index is 11.5. The van der Waals surface area contributed by atoms with E-state index < -0.39 is 5.91 Å². The molecule has 2 N–H and O–H groups in total. The van der Waals surface area contributed by atoms with Crippen LogP contribution in [0.4, 0.5) is 0 Å². The zero-order valence-corrected chi connectivity index (χ0v) is 13.3. The number of rotatable bonds is 4. The Morgan fingerprint density at radius 1 is 1.17 bits per heavy atom. The van der Waals surface area contributed by atoms with Crippen LogP contribution in [0.15, 0.2) is 42.9 Å². The number of amides is 1. The van der Waals surface area contributed by atoms with Gasteiger partial charge in [-0.3, -0.25) is 14.8 Å². The number of nitrogens with zero attached hydrogens (tertiary/aromatic N) is 2. The van der Waals surface area contributed by atoms with Crippen molar-refractivity contribution in [3.63, 3.8) is 0 Å². The van der Waals surface area contributed by atoms with E-state index in [1.54, 1.807) is 30.5 Å². The quantitative estimate of drug-likeness (QED) is 0.781. The van der Waals surface area contributed by atoms with E-state index in [9.17, 15) is 4.79 Å². The van der Waals surface area contributed by atoms with Crippen molar-refractivity contribution in [2.45, 2.75) is 6.61 Å². The van der Waals surface area contributed by atoms with Crippen LogP contribution in [-0.4, -0.2) is 15.9 Å². The lowest BCUT2D eigenvalue weighted by molar-refractivity contribution is 0.100. The number of carbonyl (C=O) groups excluding carboxylic acids is 1. The summed E-state index contributed by atoms with van der Waals surface area (Å²) < 4.78 is 5.79. The monoisotopic (exact) mass is 347 g/mol. The van der Waals surface area contributed by atoms with E-state index in [4.69, 9.17) is 33.7 Å². The number of benzene rings is 1. The Kier molecular flexibility index (Phi) is 4.32. The van der Waals surface area contributed by atoms with Crippen molar-refractivity contribution in [3.05, 3.63) is 64.0 Å². The van der Waals surface area contributed by atoms with Gasteiger partial charge in [-0.25, -0.2) is 0 Å². The van der Waals surface area contributed by atoms with Crippen LogP contribution in [0.1, 0.15) is 15.9 Å². The highest BCUT2D eigenvalue weighted by Gasteiger charge is 2.13. The lowest BCUT2D eigenvalue weighted by Crippen LogP contribution is -2.11. The number of primary amides is 1. The molecular formula is C16H11Cl2N3O2. The first-order valence-electron chi connectivity index (χ1n) is 6.66. The summed E-state index contributed by atoms with van der Waals surface area (Å²) in [7, 11) is 0. The number of nitrogens with two attached hydrogens (primary N) is 1. The molecule has 7 heteroatoms. The Hall–Kier alpha value is -2.37. The molecule has 0 saturated carbocycles. The van der Waals surface area contributed by atoms with E-state index in [2.05, 4.69) is 9.97 Å². The highest BCUT2D eigenvalue weighted by molar-refractivity contribution is 6.35. The second-order valence-electron chi connectivity index (χ2n) is 4.75. The molecule has 3 rings (SSSR count).